The molecule has 2 aromatic heterocycles. The molecule has 8 nitrogen and oxygen atoms in total. The van der Waals surface area contributed by atoms with Crippen LogP contribution >= 0.6 is 0 Å². The summed E-state index contributed by atoms with van der Waals surface area (Å²) in [5.41, 5.74) is 5.55. The second-order valence-electron chi connectivity index (χ2n) is 7.37. The van der Waals surface area contributed by atoms with Crippen LogP contribution in [-0.4, -0.2) is 38.0 Å². The Bertz CT molecular complexity index is 1100. The largest absolute Gasteiger partial charge is 0.410 e. The van der Waals surface area contributed by atoms with Crippen molar-refractivity contribution in [2.24, 2.45) is 12.8 Å². The van der Waals surface area contributed by atoms with Crippen molar-refractivity contribution in [3.63, 3.8) is 0 Å². The number of nitrogens with one attached hydrogen (secondary N) is 2. The molecule has 0 aliphatic carbocycles. The van der Waals surface area contributed by atoms with Crippen LogP contribution in [-0.2, 0) is 7.05 Å². The molecule has 3 rings (SSSR count). The number of aromatic nitrogens is 4. The first-order valence-corrected chi connectivity index (χ1v) is 9.06. The summed E-state index contributed by atoms with van der Waals surface area (Å²) in [5, 5.41) is 18.9. The molecule has 0 amide bonds. The third-order valence-electron chi connectivity index (χ3n) is 4.66. The number of nitrogens with two attached hydrogens (primary N) is 1. The van der Waals surface area contributed by atoms with E-state index >= 15 is 0 Å². The summed E-state index contributed by atoms with van der Waals surface area (Å²) >= 11 is 0. The zero-order chi connectivity index (χ0) is 22.1. The van der Waals surface area contributed by atoms with Crippen molar-refractivity contribution in [3.05, 3.63) is 41.6 Å². The Morgan fingerprint density at radius 2 is 2.00 bits per heavy atom. The van der Waals surface area contributed by atoms with Gasteiger partial charge in [0.05, 0.1) is 23.2 Å². The minimum atomic E-state index is -4.49. The quantitative estimate of drug-likeness (QED) is 0.563. The molecule has 1 atom stereocenters. The second-order valence-corrected chi connectivity index (χ2v) is 7.37. The van der Waals surface area contributed by atoms with Crippen LogP contribution in [0.15, 0.2) is 30.5 Å². The van der Waals surface area contributed by atoms with E-state index in [1.165, 1.54) is 10.9 Å². The van der Waals surface area contributed by atoms with Crippen LogP contribution in [0.5, 0.6) is 0 Å². The number of aryl methyl sites for hydroxylation is 1. The monoisotopic (exact) mass is 418 g/mol. The summed E-state index contributed by atoms with van der Waals surface area (Å²) in [5.74, 6) is 0.122. The summed E-state index contributed by atoms with van der Waals surface area (Å²) in [6.45, 7) is 2.27. The molecule has 0 radical (unpaired) electrons. The number of benzene rings is 1. The molecule has 0 fully saturated rings. The number of nitrogens with zero attached hydrogens (tertiary/aromatic N) is 5. The fourth-order valence-corrected chi connectivity index (χ4v) is 2.72. The zero-order valence-corrected chi connectivity index (χ0v) is 16.6. The van der Waals surface area contributed by atoms with Gasteiger partial charge in [0.25, 0.3) is 0 Å². The third kappa shape index (κ3) is 4.28. The van der Waals surface area contributed by atoms with E-state index in [1.54, 1.807) is 31.3 Å². The van der Waals surface area contributed by atoms with Crippen LogP contribution in [0.1, 0.15) is 31.0 Å². The highest BCUT2D eigenvalue weighted by Crippen LogP contribution is 2.34. The average Bonchev–Trinajstić information content (AvgIpc) is 3.06. The van der Waals surface area contributed by atoms with Gasteiger partial charge in [-0.2, -0.15) is 33.5 Å². The van der Waals surface area contributed by atoms with Crippen molar-refractivity contribution in [2.75, 3.05) is 17.2 Å². The van der Waals surface area contributed by atoms with Crippen LogP contribution in [0.4, 0.5) is 24.9 Å². The van der Waals surface area contributed by atoms with Gasteiger partial charge in [0.1, 0.15) is 11.4 Å². The summed E-state index contributed by atoms with van der Waals surface area (Å²) in [7, 11) is 1.64. The third-order valence-corrected chi connectivity index (χ3v) is 4.66. The molecule has 1 unspecified atom stereocenters. The van der Waals surface area contributed by atoms with Crippen LogP contribution < -0.4 is 16.4 Å². The Hall–Kier alpha value is -3.39. The molecule has 2 heterocycles. The maximum atomic E-state index is 13.3. The van der Waals surface area contributed by atoms with Crippen molar-refractivity contribution in [2.45, 2.75) is 31.6 Å². The fourth-order valence-electron chi connectivity index (χ4n) is 2.72. The van der Waals surface area contributed by atoms with Gasteiger partial charge in [-0.1, -0.05) is 12.1 Å². The lowest BCUT2D eigenvalue weighted by Crippen LogP contribution is -2.46. The highest BCUT2D eigenvalue weighted by atomic mass is 19.4. The summed E-state index contributed by atoms with van der Waals surface area (Å²) in [6, 6.07) is 8.44. The van der Waals surface area contributed by atoms with Crippen molar-refractivity contribution in [1.29, 1.82) is 5.26 Å². The maximum Gasteiger partial charge on any atom is 0.410 e. The number of anilines is 2. The summed E-state index contributed by atoms with van der Waals surface area (Å²) < 4.78 is 41.5. The van der Waals surface area contributed by atoms with E-state index in [0.717, 1.165) is 19.4 Å². The number of hydrogen-bond acceptors (Lipinski definition) is 7. The van der Waals surface area contributed by atoms with Crippen LogP contribution in [0, 0.1) is 11.3 Å². The van der Waals surface area contributed by atoms with E-state index in [9.17, 15) is 13.2 Å². The van der Waals surface area contributed by atoms with Gasteiger partial charge in [-0.15, -0.1) is 0 Å². The first-order valence-electron chi connectivity index (χ1n) is 9.06. The van der Waals surface area contributed by atoms with Gasteiger partial charge in [-0.25, -0.2) is 0 Å². The zero-order valence-electron chi connectivity index (χ0n) is 16.6. The van der Waals surface area contributed by atoms with E-state index in [0.29, 0.717) is 16.6 Å². The Labute approximate surface area is 170 Å². The normalized spacial score (nSPS) is 13.1. The molecule has 30 heavy (non-hydrogen) atoms. The lowest BCUT2D eigenvalue weighted by Gasteiger charge is -2.29. The average molecular weight is 418 g/mol. The Morgan fingerprint density at radius 3 is 2.67 bits per heavy atom. The Kier molecular flexibility index (Phi) is 5.54. The number of fused-ring (bicyclic) bond motifs is 1. The highest BCUT2D eigenvalue weighted by Gasteiger charge is 2.48. The van der Waals surface area contributed by atoms with Gasteiger partial charge in [0, 0.05) is 19.6 Å². The molecular formula is C19H21F3N8. The Morgan fingerprint density at radius 1 is 1.27 bits per heavy atom. The molecule has 1 aromatic carbocycles. The van der Waals surface area contributed by atoms with E-state index in [-0.39, 0.29) is 18.3 Å². The van der Waals surface area contributed by atoms with E-state index < -0.39 is 17.8 Å². The minimum absolute atomic E-state index is 0.0120. The van der Waals surface area contributed by atoms with Gasteiger partial charge in [0.2, 0.25) is 5.95 Å². The smallest absolute Gasteiger partial charge is 0.356 e. The number of hydrogen-bond donors (Lipinski definition) is 3. The predicted octanol–water partition coefficient (Wildman–Crippen LogP) is 3.10. The summed E-state index contributed by atoms with van der Waals surface area (Å²) in [6.07, 6.45) is -3.08. The second kappa shape index (κ2) is 7.79. The first kappa shape index (κ1) is 21.3. The molecule has 4 N–H and O–H groups in total. The Balaban J connectivity index is 1.87. The van der Waals surface area contributed by atoms with Gasteiger partial charge in [0.15, 0.2) is 5.65 Å². The topological polar surface area (TPSA) is 117 Å². The molecule has 0 spiro atoms. The molecule has 0 aliphatic rings. The molecule has 0 saturated heterocycles. The fraction of sp³-hybridized carbons (Fsp3) is 0.368. The van der Waals surface area contributed by atoms with Crippen LogP contribution in [0.3, 0.4) is 0 Å². The van der Waals surface area contributed by atoms with E-state index in [1.807, 2.05) is 0 Å². The highest BCUT2D eigenvalue weighted by molar-refractivity contribution is 5.87. The number of halogens is 3. The molecule has 3 aromatic rings. The molecule has 11 heteroatoms. The van der Waals surface area contributed by atoms with Crippen molar-refractivity contribution < 1.29 is 13.2 Å². The van der Waals surface area contributed by atoms with Gasteiger partial charge in [-0.3, -0.25) is 4.68 Å². The molecule has 0 bridgehead atoms. The number of rotatable bonds is 6. The molecule has 158 valence electrons. The first-order chi connectivity index (χ1) is 14.0. The lowest BCUT2D eigenvalue weighted by molar-refractivity contribution is -0.168. The van der Waals surface area contributed by atoms with Crippen LogP contribution in [0.25, 0.3) is 11.0 Å². The van der Waals surface area contributed by atoms with Crippen molar-refractivity contribution in [3.8, 4) is 6.07 Å². The molecule has 0 saturated carbocycles. The minimum Gasteiger partial charge on any atom is -0.356 e. The SMILES string of the molecule is Cn1ncc2c(NC(C)(C)C(F)(F)F)nc(NCC(N)c3cccc(C#N)c3)nc21. The molecular weight excluding hydrogens is 397 g/mol. The standard InChI is InChI=1S/C19H21F3N8/c1-18(2,19(20,21)22)29-15-13-9-26-30(3)16(13)28-17(27-15)25-10-14(24)12-6-4-5-11(7-12)8-23/h4-7,9,14H,10,24H2,1-3H3,(H2,25,27,28,29). The predicted molar refractivity (Wildman–Crippen MR) is 107 cm³/mol. The van der Waals surface area contributed by atoms with Crippen molar-refractivity contribution >= 4 is 22.8 Å². The maximum absolute atomic E-state index is 13.3. The summed E-state index contributed by atoms with van der Waals surface area (Å²) in [4.78, 5) is 8.55. The lowest BCUT2D eigenvalue weighted by atomic mass is 10.1. The van der Waals surface area contributed by atoms with Crippen molar-refractivity contribution in [1.82, 2.24) is 19.7 Å². The number of alkyl halides is 3. The van der Waals surface area contributed by atoms with E-state index in [4.69, 9.17) is 11.0 Å². The van der Waals surface area contributed by atoms with Gasteiger partial charge < -0.3 is 16.4 Å². The van der Waals surface area contributed by atoms with Gasteiger partial charge in [-0.05, 0) is 31.5 Å². The molecule has 0 aliphatic heterocycles. The van der Waals surface area contributed by atoms with E-state index in [2.05, 4.69) is 31.8 Å². The van der Waals surface area contributed by atoms with Crippen LogP contribution in [0.2, 0.25) is 0 Å². The number of nitriles is 1. The van der Waals surface area contributed by atoms with Gasteiger partial charge >= 0.3 is 6.18 Å².